The van der Waals surface area contributed by atoms with Crippen LogP contribution >= 0.6 is 0 Å². The predicted molar refractivity (Wildman–Crippen MR) is 103 cm³/mol. The van der Waals surface area contributed by atoms with Gasteiger partial charge in [0.15, 0.2) is 6.10 Å². The molecule has 2 unspecified atom stereocenters. The number of benzene rings is 2. The topological polar surface area (TPSA) is 76.7 Å². The van der Waals surface area contributed by atoms with E-state index in [1.54, 1.807) is 31.2 Å². The molecule has 0 saturated heterocycles. The first-order chi connectivity index (χ1) is 13.0. The fraction of sp³-hybridized carbons (Fsp3) is 0.333. The Labute approximate surface area is 159 Å². The monoisotopic (exact) mass is 370 g/mol. The van der Waals surface area contributed by atoms with Crippen molar-refractivity contribution in [3.63, 3.8) is 0 Å². The van der Waals surface area contributed by atoms with Crippen LogP contribution in [0, 0.1) is 0 Å². The van der Waals surface area contributed by atoms with Gasteiger partial charge in [0.25, 0.3) is 5.91 Å². The van der Waals surface area contributed by atoms with E-state index in [-0.39, 0.29) is 11.8 Å². The molecule has 2 rings (SSSR count). The van der Waals surface area contributed by atoms with E-state index in [0.717, 1.165) is 11.3 Å². The molecule has 2 aromatic rings. The van der Waals surface area contributed by atoms with Crippen LogP contribution in [0.25, 0.3) is 0 Å². The van der Waals surface area contributed by atoms with Crippen molar-refractivity contribution < 1.29 is 19.1 Å². The molecule has 144 valence electrons. The van der Waals surface area contributed by atoms with E-state index >= 15 is 0 Å². The number of hydrazine groups is 1. The van der Waals surface area contributed by atoms with Gasteiger partial charge in [0, 0.05) is 0 Å². The Bertz CT molecular complexity index is 732. The molecule has 0 radical (unpaired) electrons. The standard InChI is InChI=1S/C21H26N2O4/c1-4-19(16-9-7-6-8-10-16)21(25)23-22-20(24)15(3)27-18-13-11-17(12-14-18)26-5-2/h6-15,19H,4-5H2,1-3H3,(H,22,24)(H,23,25). The van der Waals surface area contributed by atoms with Crippen molar-refractivity contribution in [1.82, 2.24) is 10.9 Å². The molecular formula is C21H26N2O4. The molecular weight excluding hydrogens is 344 g/mol. The van der Waals surface area contributed by atoms with Gasteiger partial charge in [0.1, 0.15) is 11.5 Å². The normalized spacial score (nSPS) is 12.6. The van der Waals surface area contributed by atoms with Gasteiger partial charge in [-0.05, 0) is 50.1 Å². The molecule has 2 aromatic carbocycles. The lowest BCUT2D eigenvalue weighted by atomic mass is 9.96. The van der Waals surface area contributed by atoms with Crippen molar-refractivity contribution >= 4 is 11.8 Å². The molecule has 0 saturated carbocycles. The SMILES string of the molecule is CCOc1ccc(OC(C)C(=O)NNC(=O)C(CC)c2ccccc2)cc1. The summed E-state index contributed by atoms with van der Waals surface area (Å²) in [5, 5.41) is 0. The molecule has 2 N–H and O–H groups in total. The first-order valence-corrected chi connectivity index (χ1v) is 9.09. The third-order valence-electron chi connectivity index (χ3n) is 4.05. The summed E-state index contributed by atoms with van der Waals surface area (Å²) in [5.74, 6) is 0.267. The third-order valence-corrected chi connectivity index (χ3v) is 4.05. The fourth-order valence-electron chi connectivity index (χ4n) is 2.61. The summed E-state index contributed by atoms with van der Waals surface area (Å²) in [7, 11) is 0. The van der Waals surface area contributed by atoms with Crippen LogP contribution < -0.4 is 20.3 Å². The highest BCUT2D eigenvalue weighted by Crippen LogP contribution is 2.20. The molecule has 2 amide bonds. The summed E-state index contributed by atoms with van der Waals surface area (Å²) >= 11 is 0. The van der Waals surface area contributed by atoms with Crippen molar-refractivity contribution in [1.29, 1.82) is 0 Å². The molecule has 0 aliphatic carbocycles. The van der Waals surface area contributed by atoms with Crippen molar-refractivity contribution in [3.05, 3.63) is 60.2 Å². The second kappa shape index (κ2) is 10.2. The van der Waals surface area contributed by atoms with Crippen molar-refractivity contribution in [2.75, 3.05) is 6.61 Å². The van der Waals surface area contributed by atoms with Crippen LogP contribution in [-0.2, 0) is 9.59 Å². The van der Waals surface area contributed by atoms with Gasteiger partial charge in [0.05, 0.1) is 12.5 Å². The highest BCUT2D eigenvalue weighted by Gasteiger charge is 2.21. The Kier molecular flexibility index (Phi) is 7.67. The average Bonchev–Trinajstić information content (AvgIpc) is 2.69. The maximum Gasteiger partial charge on any atom is 0.279 e. The van der Waals surface area contributed by atoms with Gasteiger partial charge < -0.3 is 9.47 Å². The number of nitrogens with one attached hydrogen (secondary N) is 2. The summed E-state index contributed by atoms with van der Waals surface area (Å²) in [4.78, 5) is 24.6. The van der Waals surface area contributed by atoms with Crippen LogP contribution in [0.4, 0.5) is 0 Å². The number of hydrogen-bond acceptors (Lipinski definition) is 4. The molecule has 27 heavy (non-hydrogen) atoms. The molecule has 0 aliphatic heterocycles. The van der Waals surface area contributed by atoms with E-state index in [1.165, 1.54) is 0 Å². The fourth-order valence-corrected chi connectivity index (χ4v) is 2.61. The number of ether oxygens (including phenoxy) is 2. The van der Waals surface area contributed by atoms with E-state index in [4.69, 9.17) is 9.47 Å². The Balaban J connectivity index is 1.85. The molecule has 0 aromatic heterocycles. The Morgan fingerprint density at radius 2 is 1.48 bits per heavy atom. The minimum Gasteiger partial charge on any atom is -0.494 e. The molecule has 0 spiro atoms. The van der Waals surface area contributed by atoms with Crippen molar-refractivity contribution in [2.45, 2.75) is 39.2 Å². The van der Waals surface area contributed by atoms with Crippen molar-refractivity contribution in [2.24, 2.45) is 0 Å². The summed E-state index contributed by atoms with van der Waals surface area (Å²) in [6.45, 7) is 6.04. The lowest BCUT2D eigenvalue weighted by Gasteiger charge is -2.18. The van der Waals surface area contributed by atoms with Crippen LogP contribution in [-0.4, -0.2) is 24.5 Å². The lowest BCUT2D eigenvalue weighted by molar-refractivity contribution is -0.133. The van der Waals surface area contributed by atoms with Crippen LogP contribution in [0.3, 0.4) is 0 Å². The van der Waals surface area contributed by atoms with E-state index < -0.39 is 12.0 Å². The van der Waals surface area contributed by atoms with Gasteiger partial charge in [-0.2, -0.15) is 0 Å². The highest BCUT2D eigenvalue weighted by atomic mass is 16.5. The van der Waals surface area contributed by atoms with E-state index in [1.807, 2.05) is 44.2 Å². The number of amides is 2. The van der Waals surface area contributed by atoms with Gasteiger partial charge in [0.2, 0.25) is 5.91 Å². The Morgan fingerprint density at radius 1 is 0.889 bits per heavy atom. The van der Waals surface area contributed by atoms with Crippen LogP contribution in [0.5, 0.6) is 11.5 Å². The zero-order chi connectivity index (χ0) is 19.6. The number of carbonyl (C=O) groups is 2. The van der Waals surface area contributed by atoms with Crippen LogP contribution in [0.15, 0.2) is 54.6 Å². The van der Waals surface area contributed by atoms with Gasteiger partial charge in [-0.3, -0.25) is 20.4 Å². The lowest BCUT2D eigenvalue weighted by Crippen LogP contribution is -2.48. The first kappa shape index (κ1) is 20.3. The maximum absolute atomic E-state index is 12.4. The number of rotatable bonds is 8. The summed E-state index contributed by atoms with van der Waals surface area (Å²) in [6, 6.07) is 16.5. The van der Waals surface area contributed by atoms with E-state index in [9.17, 15) is 9.59 Å². The Hall–Kier alpha value is -3.02. The summed E-state index contributed by atoms with van der Waals surface area (Å²) in [5.41, 5.74) is 5.82. The zero-order valence-electron chi connectivity index (χ0n) is 15.9. The molecule has 0 fully saturated rings. The quantitative estimate of drug-likeness (QED) is 0.700. The van der Waals surface area contributed by atoms with Crippen LogP contribution in [0.1, 0.15) is 38.7 Å². The molecule has 0 aliphatic rings. The Morgan fingerprint density at radius 3 is 2.07 bits per heavy atom. The molecule has 0 bridgehead atoms. The first-order valence-electron chi connectivity index (χ1n) is 9.09. The molecule has 0 heterocycles. The average molecular weight is 370 g/mol. The third kappa shape index (κ3) is 6.02. The molecule has 2 atom stereocenters. The van der Waals surface area contributed by atoms with Crippen molar-refractivity contribution in [3.8, 4) is 11.5 Å². The summed E-state index contributed by atoms with van der Waals surface area (Å²) < 4.78 is 11.0. The smallest absolute Gasteiger partial charge is 0.279 e. The zero-order valence-corrected chi connectivity index (χ0v) is 15.9. The minimum absolute atomic E-state index is 0.259. The second-order valence-electron chi connectivity index (χ2n) is 6.01. The van der Waals surface area contributed by atoms with E-state index in [0.29, 0.717) is 18.8 Å². The number of carbonyl (C=O) groups excluding carboxylic acids is 2. The minimum atomic E-state index is -0.764. The van der Waals surface area contributed by atoms with Gasteiger partial charge in [-0.15, -0.1) is 0 Å². The van der Waals surface area contributed by atoms with Gasteiger partial charge >= 0.3 is 0 Å². The number of hydrogen-bond donors (Lipinski definition) is 2. The predicted octanol–water partition coefficient (Wildman–Crippen LogP) is 3.19. The second-order valence-corrected chi connectivity index (χ2v) is 6.01. The van der Waals surface area contributed by atoms with Crippen LogP contribution in [0.2, 0.25) is 0 Å². The largest absolute Gasteiger partial charge is 0.494 e. The molecule has 6 nitrogen and oxygen atoms in total. The van der Waals surface area contributed by atoms with Gasteiger partial charge in [-0.25, -0.2) is 0 Å². The maximum atomic E-state index is 12.4. The summed E-state index contributed by atoms with van der Waals surface area (Å²) in [6.07, 6.45) is -0.135. The van der Waals surface area contributed by atoms with E-state index in [2.05, 4.69) is 10.9 Å². The molecule has 6 heteroatoms. The highest BCUT2D eigenvalue weighted by molar-refractivity contribution is 5.87. The van der Waals surface area contributed by atoms with Gasteiger partial charge in [-0.1, -0.05) is 37.3 Å².